The molecule has 0 aromatic heterocycles. The van der Waals surface area contributed by atoms with Crippen LogP contribution in [0.5, 0.6) is 0 Å². The van der Waals surface area contributed by atoms with Gasteiger partial charge in [0.1, 0.15) is 5.76 Å². The monoisotopic (exact) mass is 169 g/mol. The van der Waals surface area contributed by atoms with Crippen LogP contribution in [-0.2, 0) is 4.74 Å². The minimum atomic E-state index is 0.343. The molecule has 0 rings (SSSR count). The van der Waals surface area contributed by atoms with Crippen molar-refractivity contribution in [1.29, 1.82) is 5.26 Å². The molecule has 0 N–H and O–H groups in total. The van der Waals surface area contributed by atoms with Crippen molar-refractivity contribution >= 4 is 11.6 Å². The fourth-order valence-corrected chi connectivity index (χ4v) is 0.510. The van der Waals surface area contributed by atoms with Gasteiger partial charge in [0.2, 0.25) is 0 Å². The van der Waals surface area contributed by atoms with E-state index >= 15 is 0 Å². The molecule has 0 aliphatic heterocycles. The lowest BCUT2D eigenvalue weighted by molar-refractivity contribution is 0.393. The molecule has 0 radical (unpaired) electrons. The first-order valence-electron chi connectivity index (χ1n) is 2.96. The summed E-state index contributed by atoms with van der Waals surface area (Å²) >= 11 is 5.62. The van der Waals surface area contributed by atoms with Crippen molar-refractivity contribution in [2.24, 2.45) is 0 Å². The van der Waals surface area contributed by atoms with Crippen molar-refractivity contribution in [3.8, 4) is 6.26 Å². The number of ether oxygens (including phenoxy) is 1. The molecule has 0 aliphatic rings. The number of hydrogen-bond acceptors (Lipinski definition) is 2. The van der Waals surface area contributed by atoms with Crippen LogP contribution in [-0.4, -0.2) is 0 Å². The molecule has 11 heavy (non-hydrogen) atoms. The van der Waals surface area contributed by atoms with E-state index in [1.807, 2.05) is 0 Å². The van der Waals surface area contributed by atoms with Crippen LogP contribution >= 0.6 is 11.6 Å². The predicted octanol–water partition coefficient (Wildman–Crippen LogP) is 2.70. The van der Waals surface area contributed by atoms with E-state index in [0.717, 1.165) is 0 Å². The molecular formula is C8H8ClNO. The molecule has 0 saturated carbocycles. The van der Waals surface area contributed by atoms with E-state index in [1.54, 1.807) is 13.0 Å². The van der Waals surface area contributed by atoms with Gasteiger partial charge in [-0.3, -0.25) is 0 Å². The summed E-state index contributed by atoms with van der Waals surface area (Å²) in [5, 5.41) is 8.64. The average Bonchev–Trinajstić information content (AvgIpc) is 2.03. The Kier molecular flexibility index (Phi) is 4.97. The molecule has 0 unspecified atom stereocenters. The zero-order chi connectivity index (χ0) is 8.69. The molecule has 0 aromatic rings. The van der Waals surface area contributed by atoms with E-state index in [0.29, 0.717) is 10.8 Å². The molecule has 0 amide bonds. The summed E-state index contributed by atoms with van der Waals surface area (Å²) in [6.07, 6.45) is 6.13. The van der Waals surface area contributed by atoms with E-state index in [-0.39, 0.29) is 0 Å². The van der Waals surface area contributed by atoms with Crippen molar-refractivity contribution in [1.82, 2.24) is 0 Å². The van der Waals surface area contributed by atoms with E-state index in [2.05, 4.69) is 11.3 Å². The Labute approximate surface area is 71.0 Å². The standard InChI is InChI=1S/C8H8ClNO/c1-3-7(9)5-8(4-2)11-6-10/h3-5H,2H2,1H3/b7-3+,8-5+. The van der Waals surface area contributed by atoms with Gasteiger partial charge in [-0.25, -0.2) is 0 Å². The summed E-state index contributed by atoms with van der Waals surface area (Å²) in [5.74, 6) is 0.343. The van der Waals surface area contributed by atoms with Gasteiger partial charge >= 0.3 is 0 Å². The summed E-state index contributed by atoms with van der Waals surface area (Å²) in [6.45, 7) is 5.22. The summed E-state index contributed by atoms with van der Waals surface area (Å²) in [7, 11) is 0. The van der Waals surface area contributed by atoms with Gasteiger partial charge < -0.3 is 4.74 Å². The van der Waals surface area contributed by atoms with Crippen LogP contribution in [0.25, 0.3) is 0 Å². The normalized spacial score (nSPS) is 12.1. The second kappa shape index (κ2) is 5.57. The first kappa shape index (κ1) is 9.80. The minimum Gasteiger partial charge on any atom is -0.388 e. The van der Waals surface area contributed by atoms with Gasteiger partial charge in [-0.15, -0.1) is 5.26 Å². The molecule has 3 heteroatoms. The van der Waals surface area contributed by atoms with E-state index in [1.165, 1.54) is 18.4 Å². The lowest BCUT2D eigenvalue weighted by Crippen LogP contribution is -1.79. The Morgan fingerprint density at radius 1 is 1.73 bits per heavy atom. The maximum absolute atomic E-state index is 8.13. The SMILES string of the molecule is C=C/C(=C\C(Cl)=C/C)OC#N. The highest BCUT2D eigenvalue weighted by molar-refractivity contribution is 6.31. The molecule has 58 valence electrons. The van der Waals surface area contributed by atoms with Gasteiger partial charge in [-0.2, -0.15) is 0 Å². The highest BCUT2D eigenvalue weighted by atomic mass is 35.5. The quantitative estimate of drug-likeness (QED) is 0.370. The van der Waals surface area contributed by atoms with E-state index in [4.69, 9.17) is 16.9 Å². The van der Waals surface area contributed by atoms with Gasteiger partial charge in [0.25, 0.3) is 6.26 Å². The molecule has 0 saturated heterocycles. The summed E-state index contributed by atoms with van der Waals surface area (Å²) in [4.78, 5) is 0. The van der Waals surface area contributed by atoms with Crippen LogP contribution in [0.2, 0.25) is 0 Å². The molecule has 0 spiro atoms. The van der Waals surface area contributed by atoms with Gasteiger partial charge in [0, 0.05) is 11.1 Å². The number of halogens is 1. The topological polar surface area (TPSA) is 33.0 Å². The summed E-state index contributed by atoms with van der Waals surface area (Å²) in [5.41, 5.74) is 0. The smallest absolute Gasteiger partial charge is 0.292 e. The van der Waals surface area contributed by atoms with Gasteiger partial charge in [0.05, 0.1) is 0 Å². The van der Waals surface area contributed by atoms with Crippen LogP contribution in [0.1, 0.15) is 6.92 Å². The number of allylic oxidation sites excluding steroid dienone is 4. The lowest BCUT2D eigenvalue weighted by Gasteiger charge is -1.93. The van der Waals surface area contributed by atoms with Crippen molar-refractivity contribution in [2.45, 2.75) is 6.92 Å². The zero-order valence-electron chi connectivity index (χ0n) is 6.17. The van der Waals surface area contributed by atoms with Crippen LogP contribution in [0.3, 0.4) is 0 Å². The number of nitrogens with zero attached hydrogens (tertiary/aromatic N) is 1. The van der Waals surface area contributed by atoms with E-state index in [9.17, 15) is 0 Å². The molecular weight excluding hydrogens is 162 g/mol. The van der Waals surface area contributed by atoms with Crippen molar-refractivity contribution < 1.29 is 4.74 Å². The third-order valence-electron chi connectivity index (χ3n) is 0.921. The largest absolute Gasteiger partial charge is 0.388 e. The Hall–Kier alpha value is -1.20. The maximum atomic E-state index is 8.13. The summed E-state index contributed by atoms with van der Waals surface area (Å²) in [6, 6.07) is 0. The van der Waals surface area contributed by atoms with Crippen LogP contribution in [0.15, 0.2) is 35.6 Å². The predicted molar refractivity (Wildman–Crippen MR) is 44.6 cm³/mol. The maximum Gasteiger partial charge on any atom is 0.292 e. The fourth-order valence-electron chi connectivity index (χ4n) is 0.402. The average molecular weight is 170 g/mol. The molecule has 0 fully saturated rings. The second-order valence-electron chi connectivity index (χ2n) is 1.62. The molecule has 0 aliphatic carbocycles. The van der Waals surface area contributed by atoms with Gasteiger partial charge in [0.15, 0.2) is 0 Å². The van der Waals surface area contributed by atoms with Crippen molar-refractivity contribution in [3.63, 3.8) is 0 Å². The molecule has 0 atom stereocenters. The van der Waals surface area contributed by atoms with E-state index < -0.39 is 0 Å². The fraction of sp³-hybridized carbons (Fsp3) is 0.125. The molecule has 0 aromatic carbocycles. The first-order valence-corrected chi connectivity index (χ1v) is 3.34. The minimum absolute atomic E-state index is 0.343. The molecule has 0 bridgehead atoms. The summed E-state index contributed by atoms with van der Waals surface area (Å²) < 4.78 is 4.49. The second-order valence-corrected chi connectivity index (χ2v) is 2.05. The van der Waals surface area contributed by atoms with Crippen molar-refractivity contribution in [2.75, 3.05) is 0 Å². The highest BCUT2D eigenvalue weighted by Gasteiger charge is 1.91. The number of nitriles is 1. The highest BCUT2D eigenvalue weighted by Crippen LogP contribution is 2.08. The van der Waals surface area contributed by atoms with Crippen LogP contribution in [0.4, 0.5) is 0 Å². The van der Waals surface area contributed by atoms with Gasteiger partial charge in [-0.05, 0) is 13.0 Å². The third-order valence-corrected chi connectivity index (χ3v) is 1.25. The van der Waals surface area contributed by atoms with Crippen LogP contribution in [0, 0.1) is 11.5 Å². The molecule has 0 heterocycles. The first-order chi connectivity index (χ1) is 5.24. The Morgan fingerprint density at radius 3 is 2.73 bits per heavy atom. The zero-order valence-corrected chi connectivity index (χ0v) is 6.93. The van der Waals surface area contributed by atoms with Crippen molar-refractivity contribution in [3.05, 3.63) is 35.6 Å². The third kappa shape index (κ3) is 4.24. The number of rotatable bonds is 3. The number of hydrogen-bond donors (Lipinski definition) is 0. The van der Waals surface area contributed by atoms with Crippen LogP contribution < -0.4 is 0 Å². The van der Waals surface area contributed by atoms with Gasteiger partial charge in [-0.1, -0.05) is 24.3 Å². The Morgan fingerprint density at radius 2 is 2.36 bits per heavy atom. The molecule has 2 nitrogen and oxygen atoms in total. The Bertz CT molecular complexity index is 235. The Balaban J connectivity index is 4.37. The lowest BCUT2D eigenvalue weighted by atomic mass is 10.4.